The van der Waals surface area contributed by atoms with Gasteiger partial charge in [-0.25, -0.2) is 9.18 Å². The van der Waals surface area contributed by atoms with E-state index in [0.717, 1.165) is 48.4 Å². The molecule has 1 saturated heterocycles. The summed E-state index contributed by atoms with van der Waals surface area (Å²) in [6.45, 7) is 6.24. The van der Waals surface area contributed by atoms with Gasteiger partial charge in [0.1, 0.15) is 23.4 Å². The highest BCUT2D eigenvalue weighted by Crippen LogP contribution is 2.51. The zero-order valence-corrected chi connectivity index (χ0v) is 22.8. The third kappa shape index (κ3) is 4.94. The molecule has 6 nitrogen and oxygen atoms in total. The lowest BCUT2D eigenvalue weighted by Gasteiger charge is -2.48. The fourth-order valence-corrected chi connectivity index (χ4v) is 6.24. The van der Waals surface area contributed by atoms with Crippen LogP contribution in [0.5, 0.6) is 5.75 Å². The van der Waals surface area contributed by atoms with Crippen molar-refractivity contribution in [2.45, 2.75) is 45.3 Å². The number of hydrogen-bond acceptors (Lipinski definition) is 4. The van der Waals surface area contributed by atoms with Crippen molar-refractivity contribution < 1.29 is 23.4 Å². The van der Waals surface area contributed by atoms with E-state index in [-0.39, 0.29) is 23.9 Å². The Labute approximate surface area is 232 Å². The summed E-state index contributed by atoms with van der Waals surface area (Å²) in [7, 11) is 0. The summed E-state index contributed by atoms with van der Waals surface area (Å²) < 4.78 is 31.0. The number of carbonyl (C=O) groups excluding carboxylic acids is 1. The van der Waals surface area contributed by atoms with E-state index in [0.29, 0.717) is 23.7 Å². The molecule has 1 fully saturated rings. The van der Waals surface area contributed by atoms with Crippen molar-refractivity contribution in [2.24, 2.45) is 11.3 Å². The topological polar surface area (TPSA) is 63.8 Å². The Morgan fingerprint density at radius 3 is 2.69 bits per heavy atom. The molecular formula is C31H32ClFN2O4. The van der Waals surface area contributed by atoms with Gasteiger partial charge < -0.3 is 19.2 Å². The normalized spacial score (nSPS) is 25.3. The second kappa shape index (κ2) is 10.4. The Morgan fingerprint density at radius 1 is 1.18 bits per heavy atom. The highest BCUT2D eigenvalue weighted by molar-refractivity contribution is 6.31. The first-order chi connectivity index (χ1) is 18.8. The maximum Gasteiger partial charge on any atom is 0.415 e. The van der Waals surface area contributed by atoms with Crippen molar-refractivity contribution in [2.75, 3.05) is 19.8 Å². The number of aromatic nitrogens is 1. The van der Waals surface area contributed by atoms with Crippen LogP contribution in [-0.4, -0.2) is 41.8 Å². The first kappa shape index (κ1) is 26.0. The summed E-state index contributed by atoms with van der Waals surface area (Å²) in [6, 6.07) is 11.0. The highest BCUT2D eigenvalue weighted by atomic mass is 35.5. The summed E-state index contributed by atoms with van der Waals surface area (Å²) in [5.74, 6) is 0.821. The zero-order valence-electron chi connectivity index (χ0n) is 22.1. The van der Waals surface area contributed by atoms with Gasteiger partial charge >= 0.3 is 6.09 Å². The van der Waals surface area contributed by atoms with Crippen molar-refractivity contribution in [3.8, 4) is 5.75 Å². The number of carbonyl (C=O) groups is 1. The van der Waals surface area contributed by atoms with E-state index in [1.165, 1.54) is 29.8 Å². The quantitative estimate of drug-likeness (QED) is 0.369. The van der Waals surface area contributed by atoms with Crippen molar-refractivity contribution in [1.82, 2.24) is 9.88 Å². The molecule has 2 aromatic carbocycles. The minimum atomic E-state index is -0.469. The van der Waals surface area contributed by atoms with Gasteiger partial charge in [-0.1, -0.05) is 31.5 Å². The molecule has 3 heterocycles. The third-order valence-corrected chi connectivity index (χ3v) is 8.64. The number of H-pyrrole nitrogens is 1. The Kier molecular flexibility index (Phi) is 6.89. The van der Waals surface area contributed by atoms with Gasteiger partial charge in [-0.2, -0.15) is 0 Å². The predicted octanol–water partition coefficient (Wildman–Crippen LogP) is 7.35. The van der Waals surface area contributed by atoms with Gasteiger partial charge in [0.25, 0.3) is 0 Å². The number of ether oxygens (including phenoxy) is 3. The van der Waals surface area contributed by atoms with Crippen LogP contribution in [0.4, 0.5) is 9.18 Å². The van der Waals surface area contributed by atoms with Crippen LogP contribution < -0.4 is 4.74 Å². The number of aromatic amines is 1. The van der Waals surface area contributed by atoms with Gasteiger partial charge in [-0.3, -0.25) is 4.90 Å². The Hall–Kier alpha value is -3.29. The number of amides is 1. The molecule has 3 aliphatic rings. The number of nitrogens with zero attached hydrogens (tertiary/aromatic N) is 1. The molecule has 39 heavy (non-hydrogen) atoms. The number of benzene rings is 2. The van der Waals surface area contributed by atoms with Crippen LogP contribution in [0.25, 0.3) is 10.9 Å². The zero-order chi connectivity index (χ0) is 27.1. The Morgan fingerprint density at radius 2 is 1.95 bits per heavy atom. The number of hydrogen-bond donors (Lipinski definition) is 1. The first-order valence-corrected chi connectivity index (χ1v) is 13.9. The van der Waals surface area contributed by atoms with Gasteiger partial charge in [0.05, 0.1) is 19.3 Å². The van der Waals surface area contributed by atoms with E-state index in [2.05, 4.69) is 31.0 Å². The minimum Gasteiger partial charge on any atom is -0.491 e. The second-order valence-electron chi connectivity index (χ2n) is 10.9. The SMILES string of the molecule is CC1C=C(OC2CCOCC2)C=C[C@@]1(C)[C@H]1c2[nH]c3ccc(Cl)cc3c2CCN1C(=O)Oc1ccc(F)cc1. The van der Waals surface area contributed by atoms with Gasteiger partial charge in [-0.15, -0.1) is 0 Å². The fourth-order valence-electron chi connectivity index (χ4n) is 6.07. The van der Waals surface area contributed by atoms with Gasteiger partial charge in [0.2, 0.25) is 0 Å². The van der Waals surface area contributed by atoms with E-state index >= 15 is 0 Å². The monoisotopic (exact) mass is 550 g/mol. The molecule has 6 rings (SSSR count). The number of rotatable bonds is 4. The molecule has 3 aromatic rings. The van der Waals surface area contributed by atoms with Crippen LogP contribution in [0.1, 0.15) is 44.0 Å². The summed E-state index contributed by atoms with van der Waals surface area (Å²) in [6.07, 6.45) is 8.46. The van der Waals surface area contributed by atoms with E-state index in [9.17, 15) is 9.18 Å². The molecule has 0 radical (unpaired) electrons. The van der Waals surface area contributed by atoms with E-state index in [4.69, 9.17) is 25.8 Å². The molecule has 1 unspecified atom stereocenters. The average Bonchev–Trinajstić information content (AvgIpc) is 3.30. The Balaban J connectivity index is 1.36. The van der Waals surface area contributed by atoms with Crippen molar-refractivity contribution >= 4 is 28.6 Å². The average molecular weight is 551 g/mol. The minimum absolute atomic E-state index is 0.0458. The van der Waals surface area contributed by atoms with E-state index in [1.54, 1.807) is 4.90 Å². The summed E-state index contributed by atoms with van der Waals surface area (Å²) in [5, 5.41) is 1.75. The smallest absolute Gasteiger partial charge is 0.415 e. The molecule has 1 amide bonds. The molecule has 0 bridgehead atoms. The van der Waals surface area contributed by atoms with Crippen LogP contribution in [0, 0.1) is 17.2 Å². The van der Waals surface area contributed by atoms with Crippen LogP contribution >= 0.6 is 11.6 Å². The molecule has 3 atom stereocenters. The fraction of sp³-hybridized carbons (Fsp3) is 0.387. The van der Waals surface area contributed by atoms with Gasteiger partial charge in [-0.05, 0) is 72.5 Å². The molecule has 2 aliphatic heterocycles. The maximum absolute atomic E-state index is 13.7. The lowest BCUT2D eigenvalue weighted by atomic mass is 9.67. The second-order valence-corrected chi connectivity index (χ2v) is 11.3. The summed E-state index contributed by atoms with van der Waals surface area (Å²) in [5.41, 5.74) is 2.66. The van der Waals surface area contributed by atoms with Gasteiger partial charge in [0, 0.05) is 46.4 Å². The molecule has 1 aromatic heterocycles. The standard InChI is InChI=1S/C31H32ClFN2O4/c1-19-17-24(38-23-11-15-37-16-12-23)9-13-31(19,2)29-28-25(26-18-20(32)3-8-27(26)34-28)10-14-35(29)30(36)39-22-6-4-21(33)5-7-22/h3-9,13,17-19,23,29,34H,10-12,14-16H2,1-2H3/t19?,29-,31-/m1/s1. The van der Waals surface area contributed by atoms with Crippen molar-refractivity contribution in [3.63, 3.8) is 0 Å². The van der Waals surface area contributed by atoms with Crippen LogP contribution in [0.15, 0.2) is 66.5 Å². The lowest BCUT2D eigenvalue weighted by molar-refractivity contribution is -0.00304. The first-order valence-electron chi connectivity index (χ1n) is 13.5. The third-order valence-electron chi connectivity index (χ3n) is 8.40. The maximum atomic E-state index is 13.7. The molecule has 0 saturated carbocycles. The van der Waals surface area contributed by atoms with Crippen molar-refractivity contribution in [1.29, 1.82) is 0 Å². The number of halogens is 2. The molecular weight excluding hydrogens is 519 g/mol. The molecule has 0 spiro atoms. The summed E-state index contributed by atoms with van der Waals surface area (Å²) >= 11 is 6.36. The van der Waals surface area contributed by atoms with E-state index in [1.807, 2.05) is 24.3 Å². The van der Waals surface area contributed by atoms with Crippen LogP contribution in [0.3, 0.4) is 0 Å². The molecule has 1 N–H and O–H groups in total. The molecule has 1 aliphatic carbocycles. The lowest BCUT2D eigenvalue weighted by Crippen LogP contribution is -2.49. The van der Waals surface area contributed by atoms with Crippen LogP contribution in [-0.2, 0) is 15.9 Å². The van der Waals surface area contributed by atoms with Gasteiger partial charge in [0.15, 0.2) is 0 Å². The van der Waals surface area contributed by atoms with E-state index < -0.39 is 11.5 Å². The number of fused-ring (bicyclic) bond motifs is 3. The molecule has 204 valence electrons. The predicted molar refractivity (Wildman–Crippen MR) is 148 cm³/mol. The Bertz CT molecular complexity index is 1440. The largest absolute Gasteiger partial charge is 0.491 e. The van der Waals surface area contributed by atoms with Crippen molar-refractivity contribution in [3.05, 3.63) is 88.5 Å². The summed E-state index contributed by atoms with van der Waals surface area (Å²) in [4.78, 5) is 19.1. The number of allylic oxidation sites excluding steroid dienone is 2. The molecule has 8 heteroatoms. The highest BCUT2D eigenvalue weighted by Gasteiger charge is 2.48. The number of nitrogens with one attached hydrogen (secondary N) is 1. The van der Waals surface area contributed by atoms with Crippen LogP contribution in [0.2, 0.25) is 5.02 Å².